The summed E-state index contributed by atoms with van der Waals surface area (Å²) < 4.78 is 0.419. The van der Waals surface area contributed by atoms with Gasteiger partial charge >= 0.3 is 0 Å². The first kappa shape index (κ1) is 9.83. The van der Waals surface area contributed by atoms with Gasteiger partial charge in [-0.15, -0.1) is 0 Å². The fraction of sp³-hybridized carbons (Fsp3) is 0.929. The van der Waals surface area contributed by atoms with E-state index in [0.29, 0.717) is 10.7 Å². The summed E-state index contributed by atoms with van der Waals surface area (Å²) in [5.74, 6) is 5.51. The molecule has 5 aliphatic rings. The van der Waals surface area contributed by atoms with E-state index >= 15 is 0 Å². The van der Waals surface area contributed by atoms with E-state index in [1.54, 1.807) is 0 Å². The van der Waals surface area contributed by atoms with Gasteiger partial charge in [-0.2, -0.15) is 17.0 Å². The monoisotopic (exact) mass is 233 g/mol. The Kier molecular flexibility index (Phi) is 1.96. The molecule has 16 heavy (non-hydrogen) atoms. The second-order valence-electron chi connectivity index (χ2n) is 6.48. The third-order valence-corrected chi connectivity index (χ3v) is 7.76. The van der Waals surface area contributed by atoms with Crippen LogP contribution in [0.2, 0.25) is 0 Å². The molecule has 0 amide bonds. The Morgan fingerprint density at radius 3 is 2.19 bits per heavy atom. The van der Waals surface area contributed by atoms with Crippen LogP contribution in [-0.4, -0.2) is 10.5 Å². The van der Waals surface area contributed by atoms with Crippen molar-refractivity contribution >= 4 is 11.8 Å². The van der Waals surface area contributed by atoms with Crippen molar-refractivity contribution in [3.05, 3.63) is 0 Å². The molecule has 0 radical (unpaired) electrons. The van der Waals surface area contributed by atoms with Crippen LogP contribution in [-0.2, 0) is 0 Å². The predicted octanol–water partition coefficient (Wildman–Crippen LogP) is 3.46. The second kappa shape index (κ2) is 3.19. The zero-order valence-electron chi connectivity index (χ0n) is 9.69. The quantitative estimate of drug-likeness (QED) is 0.640. The van der Waals surface area contributed by atoms with Gasteiger partial charge in [-0.1, -0.05) is 0 Å². The molecule has 1 aliphatic heterocycles. The van der Waals surface area contributed by atoms with Crippen LogP contribution in [0.5, 0.6) is 0 Å². The van der Waals surface area contributed by atoms with Crippen LogP contribution >= 0.6 is 11.8 Å². The Morgan fingerprint density at radius 1 is 1.00 bits per heavy atom. The van der Waals surface area contributed by atoms with Gasteiger partial charge in [0, 0.05) is 4.75 Å². The highest BCUT2D eigenvalue weighted by Gasteiger charge is 2.62. The highest BCUT2D eigenvalue weighted by Crippen LogP contribution is 2.67. The maximum Gasteiger partial charge on any atom is 0.0670 e. The molecule has 4 bridgehead atoms. The summed E-state index contributed by atoms with van der Waals surface area (Å²) in [6.45, 7) is 0. The lowest BCUT2D eigenvalue weighted by atomic mass is 9.49. The van der Waals surface area contributed by atoms with Crippen molar-refractivity contribution in [3.8, 4) is 6.07 Å². The molecule has 1 spiro atoms. The van der Waals surface area contributed by atoms with Crippen LogP contribution < -0.4 is 0 Å². The normalized spacial score (nSPS) is 58.1. The third kappa shape index (κ3) is 1.04. The number of nitriles is 1. The van der Waals surface area contributed by atoms with Gasteiger partial charge in [-0.25, -0.2) is 0 Å². The van der Waals surface area contributed by atoms with Gasteiger partial charge in [-0.05, 0) is 67.9 Å². The molecular formula is C14H19NS. The average molecular weight is 233 g/mol. The Hall–Kier alpha value is -0.160. The van der Waals surface area contributed by atoms with Crippen molar-refractivity contribution in [2.75, 3.05) is 5.75 Å². The molecule has 0 N–H and O–H groups in total. The first-order chi connectivity index (χ1) is 7.83. The van der Waals surface area contributed by atoms with Gasteiger partial charge in [0.1, 0.15) is 0 Å². The first-order valence-corrected chi connectivity index (χ1v) is 7.85. The predicted molar refractivity (Wildman–Crippen MR) is 66.0 cm³/mol. The molecule has 4 saturated carbocycles. The second-order valence-corrected chi connectivity index (χ2v) is 7.88. The summed E-state index contributed by atoms with van der Waals surface area (Å²) in [5.41, 5.74) is 0. The SMILES string of the molecule is N#C[C@@H]1CCSC12C1CC3CC(C1)CC2C3. The lowest BCUT2D eigenvalue weighted by molar-refractivity contribution is -0.0279. The van der Waals surface area contributed by atoms with E-state index < -0.39 is 0 Å². The first-order valence-electron chi connectivity index (χ1n) is 6.86. The fourth-order valence-corrected chi connectivity index (χ4v) is 7.51. The maximum absolute atomic E-state index is 9.45. The molecular weight excluding hydrogens is 214 g/mol. The van der Waals surface area contributed by atoms with E-state index in [0.717, 1.165) is 23.7 Å². The molecule has 1 saturated heterocycles. The standard InChI is InChI=1S/C14H19NS/c15-8-11-1-2-16-14(11)12-4-9-3-10(6-12)7-13(14)5-9/h9-13H,1-7H2/t9?,10?,11-,12?,13?,14?/m0/s1. The zero-order valence-corrected chi connectivity index (χ0v) is 10.5. The summed E-state index contributed by atoms with van der Waals surface area (Å²) in [5, 5.41) is 9.45. The minimum Gasteiger partial charge on any atom is -0.198 e. The highest BCUT2D eigenvalue weighted by atomic mass is 32.2. The fourth-order valence-electron chi connectivity index (χ4n) is 5.57. The van der Waals surface area contributed by atoms with Gasteiger partial charge in [0.15, 0.2) is 0 Å². The molecule has 86 valence electrons. The van der Waals surface area contributed by atoms with Crippen molar-refractivity contribution in [1.29, 1.82) is 5.26 Å². The molecule has 1 nitrogen and oxygen atoms in total. The summed E-state index contributed by atoms with van der Waals surface area (Å²) in [7, 11) is 0. The van der Waals surface area contributed by atoms with Crippen molar-refractivity contribution in [3.63, 3.8) is 0 Å². The van der Waals surface area contributed by atoms with Crippen LogP contribution in [0, 0.1) is 40.9 Å². The summed E-state index contributed by atoms with van der Waals surface area (Å²) in [6.07, 6.45) is 8.52. The zero-order chi connectivity index (χ0) is 10.8. The molecule has 4 aliphatic carbocycles. The Bertz CT molecular complexity index is 328. The molecule has 1 heterocycles. The Labute approximate surface area is 102 Å². The van der Waals surface area contributed by atoms with E-state index in [-0.39, 0.29) is 0 Å². The van der Waals surface area contributed by atoms with E-state index in [2.05, 4.69) is 17.8 Å². The van der Waals surface area contributed by atoms with E-state index in [1.165, 1.54) is 44.3 Å². The average Bonchev–Trinajstić information content (AvgIpc) is 2.69. The number of nitrogens with zero attached hydrogens (tertiary/aromatic N) is 1. The van der Waals surface area contributed by atoms with Crippen LogP contribution in [0.3, 0.4) is 0 Å². The van der Waals surface area contributed by atoms with Gasteiger partial charge in [0.25, 0.3) is 0 Å². The van der Waals surface area contributed by atoms with Crippen molar-refractivity contribution in [2.24, 2.45) is 29.6 Å². The highest BCUT2D eigenvalue weighted by molar-refractivity contribution is 8.01. The van der Waals surface area contributed by atoms with Gasteiger partial charge in [-0.3, -0.25) is 0 Å². The molecule has 5 fully saturated rings. The van der Waals surface area contributed by atoms with E-state index in [4.69, 9.17) is 0 Å². The van der Waals surface area contributed by atoms with Crippen LogP contribution in [0.25, 0.3) is 0 Å². The lowest BCUT2D eigenvalue weighted by Gasteiger charge is -2.60. The van der Waals surface area contributed by atoms with Gasteiger partial charge in [0.05, 0.1) is 12.0 Å². The molecule has 0 aromatic rings. The minimum absolute atomic E-state index is 0.382. The van der Waals surface area contributed by atoms with Gasteiger partial charge in [0.2, 0.25) is 0 Å². The summed E-state index contributed by atoms with van der Waals surface area (Å²) in [4.78, 5) is 0. The Balaban J connectivity index is 1.76. The molecule has 2 heteroatoms. The van der Waals surface area contributed by atoms with Crippen molar-refractivity contribution in [1.82, 2.24) is 0 Å². The number of rotatable bonds is 0. The van der Waals surface area contributed by atoms with Crippen LogP contribution in [0.4, 0.5) is 0 Å². The molecule has 0 aromatic heterocycles. The number of thioether (sulfide) groups is 1. The minimum atomic E-state index is 0.382. The van der Waals surface area contributed by atoms with E-state index in [1.807, 2.05) is 0 Å². The third-order valence-electron chi connectivity index (χ3n) is 5.87. The van der Waals surface area contributed by atoms with Crippen LogP contribution in [0.15, 0.2) is 0 Å². The molecule has 1 atom stereocenters. The van der Waals surface area contributed by atoms with Gasteiger partial charge < -0.3 is 0 Å². The molecule has 0 aromatic carbocycles. The van der Waals surface area contributed by atoms with Crippen LogP contribution in [0.1, 0.15) is 38.5 Å². The number of hydrogen-bond donors (Lipinski definition) is 0. The largest absolute Gasteiger partial charge is 0.198 e. The number of hydrogen-bond acceptors (Lipinski definition) is 2. The smallest absolute Gasteiger partial charge is 0.0670 e. The topological polar surface area (TPSA) is 23.8 Å². The van der Waals surface area contributed by atoms with E-state index in [9.17, 15) is 5.26 Å². The summed E-state index contributed by atoms with van der Waals surface area (Å²) >= 11 is 2.19. The van der Waals surface area contributed by atoms with Crippen molar-refractivity contribution < 1.29 is 0 Å². The lowest BCUT2D eigenvalue weighted by Crippen LogP contribution is -2.57. The maximum atomic E-state index is 9.45. The Morgan fingerprint density at radius 2 is 1.62 bits per heavy atom. The molecule has 0 unspecified atom stereocenters. The van der Waals surface area contributed by atoms with Crippen molar-refractivity contribution in [2.45, 2.75) is 43.3 Å². The summed E-state index contributed by atoms with van der Waals surface area (Å²) in [6, 6.07) is 2.66. The molecule has 5 rings (SSSR count).